The summed E-state index contributed by atoms with van der Waals surface area (Å²) in [6, 6.07) is 32.7. The van der Waals surface area contributed by atoms with Crippen LogP contribution >= 0.6 is 0 Å². The van der Waals surface area contributed by atoms with E-state index in [0.29, 0.717) is 5.75 Å². The van der Waals surface area contributed by atoms with Gasteiger partial charge in [-0.05, 0) is 103 Å². The molecule has 206 valence electrons. The minimum atomic E-state index is 0.119. The zero-order chi connectivity index (χ0) is 28.5. The van der Waals surface area contributed by atoms with Crippen molar-refractivity contribution in [2.45, 2.75) is 38.0 Å². The summed E-state index contributed by atoms with van der Waals surface area (Å²) >= 11 is 0. The monoisotopic (exact) mass is 552 g/mol. The second kappa shape index (κ2) is 9.57. The fraction of sp³-hybridized carbons (Fsp3) is 0.143. The van der Waals surface area contributed by atoms with Gasteiger partial charge < -0.3 is 5.11 Å². The van der Waals surface area contributed by atoms with E-state index in [-0.39, 0.29) is 5.92 Å². The van der Waals surface area contributed by atoms with Crippen molar-refractivity contribution in [2.24, 2.45) is 0 Å². The Kier molecular flexibility index (Phi) is 5.50. The van der Waals surface area contributed by atoms with Crippen LogP contribution in [-0.4, -0.2) is 5.11 Å². The van der Waals surface area contributed by atoms with Crippen LogP contribution in [0, 0.1) is 0 Å². The third kappa shape index (κ3) is 3.71. The molecule has 9 rings (SSSR count). The van der Waals surface area contributed by atoms with E-state index >= 15 is 0 Å². The molecule has 1 heteroatoms. The summed E-state index contributed by atoms with van der Waals surface area (Å²) in [6.45, 7) is 0. The molecule has 0 heterocycles. The maximum absolute atomic E-state index is 11.9. The molecule has 6 aromatic rings. The molecule has 0 saturated heterocycles. The number of allylic oxidation sites excluding steroid dienone is 2. The number of hydrogen-bond acceptors (Lipinski definition) is 1. The quantitative estimate of drug-likeness (QED) is 0.213. The predicted molar refractivity (Wildman–Crippen MR) is 183 cm³/mol. The van der Waals surface area contributed by atoms with Gasteiger partial charge in [0.2, 0.25) is 0 Å². The van der Waals surface area contributed by atoms with Crippen LogP contribution in [0.5, 0.6) is 5.75 Å². The van der Waals surface area contributed by atoms with Gasteiger partial charge in [-0.1, -0.05) is 121 Å². The van der Waals surface area contributed by atoms with Crippen molar-refractivity contribution in [1.82, 2.24) is 0 Å². The van der Waals surface area contributed by atoms with E-state index in [2.05, 4.69) is 121 Å². The van der Waals surface area contributed by atoms with E-state index in [9.17, 15) is 5.11 Å². The fourth-order valence-corrected chi connectivity index (χ4v) is 8.12. The van der Waals surface area contributed by atoms with Crippen molar-refractivity contribution in [3.05, 3.63) is 141 Å². The number of para-hydroxylation sites is 1. The summed E-state index contributed by atoms with van der Waals surface area (Å²) in [6.07, 6.45) is 16.9. The molecule has 0 aromatic heterocycles. The molecule has 1 atom stereocenters. The molecule has 0 amide bonds. The van der Waals surface area contributed by atoms with Crippen molar-refractivity contribution in [2.75, 3.05) is 0 Å². The maximum Gasteiger partial charge on any atom is 0.126 e. The van der Waals surface area contributed by atoms with Gasteiger partial charge in [-0.15, -0.1) is 0 Å². The van der Waals surface area contributed by atoms with Crippen LogP contribution in [0.3, 0.4) is 0 Å². The summed E-state index contributed by atoms with van der Waals surface area (Å²) in [7, 11) is 0. The molecule has 1 unspecified atom stereocenters. The van der Waals surface area contributed by atoms with Crippen LogP contribution in [0.2, 0.25) is 0 Å². The molecule has 6 aromatic carbocycles. The summed E-state index contributed by atoms with van der Waals surface area (Å²) in [4.78, 5) is 0. The van der Waals surface area contributed by atoms with Crippen molar-refractivity contribution in [3.8, 4) is 5.75 Å². The second-order valence-electron chi connectivity index (χ2n) is 12.3. The van der Waals surface area contributed by atoms with Crippen LogP contribution in [0.1, 0.15) is 58.6 Å². The van der Waals surface area contributed by atoms with Crippen molar-refractivity contribution in [1.29, 1.82) is 0 Å². The molecule has 0 fully saturated rings. The van der Waals surface area contributed by atoms with Crippen molar-refractivity contribution >= 4 is 62.2 Å². The Bertz CT molecular complexity index is 2330. The lowest BCUT2D eigenvalue weighted by molar-refractivity contribution is 0.464. The van der Waals surface area contributed by atoms with Crippen molar-refractivity contribution < 1.29 is 5.11 Å². The molecule has 0 radical (unpaired) electrons. The lowest BCUT2D eigenvalue weighted by Gasteiger charge is -2.26. The summed E-state index contributed by atoms with van der Waals surface area (Å²) < 4.78 is 0. The molecular formula is C42H32O. The first-order valence-corrected chi connectivity index (χ1v) is 15.6. The number of hydrogen-bond donors (Lipinski definition) is 1. The topological polar surface area (TPSA) is 20.2 Å². The number of benzene rings is 6. The largest absolute Gasteiger partial charge is 0.507 e. The molecule has 1 N–H and O–H groups in total. The highest BCUT2D eigenvalue weighted by Crippen LogP contribution is 2.44. The van der Waals surface area contributed by atoms with Gasteiger partial charge in [0.1, 0.15) is 5.75 Å². The Balaban J connectivity index is 1.20. The molecule has 3 aliphatic rings. The van der Waals surface area contributed by atoms with Gasteiger partial charge in [0, 0.05) is 17.0 Å². The molecule has 1 nitrogen and oxygen atoms in total. The van der Waals surface area contributed by atoms with E-state index in [1.54, 1.807) is 0 Å². The lowest BCUT2D eigenvalue weighted by atomic mass is 9.78. The van der Waals surface area contributed by atoms with Crippen LogP contribution < -0.4 is 10.4 Å². The second-order valence-corrected chi connectivity index (χ2v) is 12.3. The first-order valence-electron chi connectivity index (χ1n) is 15.6. The first-order chi connectivity index (χ1) is 21.3. The van der Waals surface area contributed by atoms with E-state index in [4.69, 9.17) is 0 Å². The van der Waals surface area contributed by atoms with E-state index in [1.807, 2.05) is 0 Å². The van der Waals surface area contributed by atoms with Gasteiger partial charge >= 0.3 is 0 Å². The number of aromatic hydroxyl groups is 1. The first kappa shape index (κ1) is 24.7. The molecule has 3 aliphatic carbocycles. The third-order valence-electron chi connectivity index (χ3n) is 10.1. The summed E-state index contributed by atoms with van der Waals surface area (Å²) in [5.41, 5.74) is 9.02. The molecular weight excluding hydrogens is 520 g/mol. The van der Waals surface area contributed by atoms with Gasteiger partial charge in [-0.2, -0.15) is 0 Å². The Morgan fingerprint density at radius 1 is 0.581 bits per heavy atom. The normalized spacial score (nSPS) is 17.1. The molecule has 0 aliphatic heterocycles. The van der Waals surface area contributed by atoms with Gasteiger partial charge in [0.15, 0.2) is 0 Å². The van der Waals surface area contributed by atoms with Crippen LogP contribution in [0.4, 0.5) is 0 Å². The maximum atomic E-state index is 11.9. The van der Waals surface area contributed by atoms with Crippen molar-refractivity contribution in [3.63, 3.8) is 0 Å². The number of fused-ring (bicyclic) bond motifs is 12. The standard InChI is InChI=1S/C42H32O/c43-42-28(26-20-22-38-34-14-3-1-10-30(34)32-12-5-7-16-36(32)40(38)24-26)18-9-19-29(42)27-21-23-39-35-15-4-2-11-31(35)33-13-6-8-17-37(33)41(39)25-27/h1-3,5-14,16-19,22,24-26,43H,4,15,20-21,23H2. The van der Waals surface area contributed by atoms with Gasteiger partial charge in [-0.25, -0.2) is 0 Å². The van der Waals surface area contributed by atoms with Crippen LogP contribution in [-0.2, 0) is 12.8 Å². The molecule has 43 heavy (non-hydrogen) atoms. The number of phenolic OH excluding ortho intramolecular Hbond substituents is 1. The molecule has 0 spiro atoms. The average molecular weight is 553 g/mol. The van der Waals surface area contributed by atoms with Gasteiger partial charge in [0.05, 0.1) is 0 Å². The Labute approximate surface area is 251 Å². The van der Waals surface area contributed by atoms with Gasteiger partial charge in [-0.3, -0.25) is 0 Å². The van der Waals surface area contributed by atoms with Crippen LogP contribution in [0.25, 0.3) is 62.2 Å². The highest BCUT2D eigenvalue weighted by atomic mass is 16.3. The Morgan fingerprint density at radius 2 is 1.23 bits per heavy atom. The van der Waals surface area contributed by atoms with E-state index < -0.39 is 0 Å². The summed E-state index contributed by atoms with van der Waals surface area (Å²) in [5.74, 6) is 0.554. The third-order valence-corrected chi connectivity index (χ3v) is 10.1. The average Bonchev–Trinajstić information content (AvgIpc) is 3.08. The smallest absolute Gasteiger partial charge is 0.126 e. The number of rotatable bonds is 2. The summed E-state index contributed by atoms with van der Waals surface area (Å²) in [5, 5.41) is 22.3. The minimum Gasteiger partial charge on any atom is -0.507 e. The Hall–Kier alpha value is -4.88. The predicted octanol–water partition coefficient (Wildman–Crippen LogP) is 9.05. The Morgan fingerprint density at radius 3 is 2.00 bits per heavy atom. The zero-order valence-corrected chi connectivity index (χ0v) is 24.1. The highest BCUT2D eigenvalue weighted by Gasteiger charge is 2.25. The molecule has 0 bridgehead atoms. The lowest BCUT2D eigenvalue weighted by Crippen LogP contribution is -2.30. The minimum absolute atomic E-state index is 0.119. The fourth-order valence-electron chi connectivity index (χ4n) is 8.12. The number of phenols is 1. The highest BCUT2D eigenvalue weighted by molar-refractivity contribution is 6.08. The molecule has 0 saturated carbocycles. The zero-order valence-electron chi connectivity index (χ0n) is 24.1. The van der Waals surface area contributed by atoms with E-state index in [1.165, 1.54) is 70.6 Å². The van der Waals surface area contributed by atoms with Gasteiger partial charge in [0.25, 0.3) is 0 Å². The SMILES string of the molecule is Oc1c(C2=Cc3c(c4c(c5ccccc35)C=CCC4)CC2)cccc1C1C=c2c(c3ccccc3c3ccccc23)=CC1. The van der Waals surface area contributed by atoms with E-state index in [0.717, 1.165) is 43.2 Å². The van der Waals surface area contributed by atoms with Crippen LogP contribution in [0.15, 0.2) is 97.1 Å².